The van der Waals surface area contributed by atoms with Crippen molar-refractivity contribution in [3.05, 3.63) is 38.5 Å². The summed E-state index contributed by atoms with van der Waals surface area (Å²) in [6.45, 7) is 1.82. The molecule has 0 radical (unpaired) electrons. The molecule has 1 fully saturated rings. The Kier molecular flexibility index (Phi) is 3.95. The second kappa shape index (κ2) is 5.34. The van der Waals surface area contributed by atoms with Gasteiger partial charge in [-0.2, -0.15) is 10.4 Å². The molecule has 1 aliphatic rings. The van der Waals surface area contributed by atoms with Crippen molar-refractivity contribution in [3.8, 4) is 11.8 Å². The summed E-state index contributed by atoms with van der Waals surface area (Å²) in [6, 6.07) is 5.09. The molecule has 2 aromatic rings. The highest BCUT2D eigenvalue weighted by molar-refractivity contribution is 6.52. The Morgan fingerprint density at radius 2 is 1.78 bits per heavy atom. The van der Waals surface area contributed by atoms with Gasteiger partial charge in [-0.05, 0) is 18.6 Å². The van der Waals surface area contributed by atoms with Gasteiger partial charge < -0.3 is 5.73 Å². The predicted octanol–water partition coefficient (Wildman–Crippen LogP) is 5.12. The van der Waals surface area contributed by atoms with E-state index in [0.717, 1.165) is 0 Å². The highest BCUT2D eigenvalue weighted by Gasteiger charge is 2.66. The third kappa shape index (κ3) is 2.47. The molecule has 1 unspecified atom stereocenters. The zero-order valence-corrected chi connectivity index (χ0v) is 15.5. The van der Waals surface area contributed by atoms with Crippen molar-refractivity contribution >= 4 is 63.8 Å². The van der Waals surface area contributed by atoms with Gasteiger partial charge in [-0.25, -0.2) is 4.68 Å². The molecule has 1 aromatic carbocycles. The number of nitrogens with two attached hydrogens (primary N) is 1. The van der Waals surface area contributed by atoms with Crippen molar-refractivity contribution in [3.63, 3.8) is 0 Å². The van der Waals surface area contributed by atoms with Gasteiger partial charge in [0.05, 0.1) is 15.7 Å². The van der Waals surface area contributed by atoms with Crippen LogP contribution >= 0.6 is 58.0 Å². The van der Waals surface area contributed by atoms with Crippen LogP contribution in [0.2, 0.25) is 15.1 Å². The Morgan fingerprint density at radius 1 is 1.26 bits per heavy atom. The van der Waals surface area contributed by atoms with Crippen molar-refractivity contribution in [2.24, 2.45) is 0 Å². The Balaban J connectivity index is 2.25. The number of rotatable bonds is 2. The van der Waals surface area contributed by atoms with E-state index in [0.29, 0.717) is 22.8 Å². The number of halogens is 5. The SMILES string of the molecule is CC1(c2nn(-c3c(Cl)cc(Cl)cc3Cl)c(N)c2C#N)CC1(Cl)Cl. The highest BCUT2D eigenvalue weighted by Crippen LogP contribution is 2.65. The average Bonchev–Trinajstić information content (AvgIpc) is 2.78. The molecule has 23 heavy (non-hydrogen) atoms. The van der Waals surface area contributed by atoms with Crippen LogP contribution in [0.4, 0.5) is 5.82 Å². The molecule has 120 valence electrons. The van der Waals surface area contributed by atoms with E-state index in [4.69, 9.17) is 63.7 Å². The van der Waals surface area contributed by atoms with Crippen LogP contribution in [-0.4, -0.2) is 14.1 Å². The standard InChI is InChI=1S/C14H9Cl5N4/c1-13(5-14(13,18)19)11-7(4-20)12(21)23(22-11)10-8(16)2-6(15)3-9(10)17/h2-3H,5,21H2,1H3. The van der Waals surface area contributed by atoms with Crippen molar-refractivity contribution in [2.75, 3.05) is 5.73 Å². The van der Waals surface area contributed by atoms with E-state index >= 15 is 0 Å². The molecule has 9 heteroatoms. The fourth-order valence-electron chi connectivity index (χ4n) is 2.49. The number of nitriles is 1. The minimum atomic E-state index is -0.988. The largest absolute Gasteiger partial charge is 0.382 e. The number of benzene rings is 1. The second-order valence-corrected chi connectivity index (χ2v) is 8.30. The Hall–Kier alpha value is -0.830. The zero-order chi connectivity index (χ0) is 17.2. The molecule has 1 heterocycles. The molecule has 0 spiro atoms. The minimum absolute atomic E-state index is 0.117. The molecule has 3 rings (SSSR count). The fourth-order valence-corrected chi connectivity index (χ4v) is 4.18. The Bertz CT molecular complexity index is 844. The summed E-state index contributed by atoms with van der Waals surface area (Å²) in [6.07, 6.45) is 0.469. The van der Waals surface area contributed by atoms with Gasteiger partial charge in [-0.1, -0.05) is 41.7 Å². The maximum atomic E-state index is 9.45. The normalized spacial score (nSPS) is 22.0. The van der Waals surface area contributed by atoms with Crippen LogP contribution in [0.3, 0.4) is 0 Å². The summed E-state index contributed by atoms with van der Waals surface area (Å²) in [5, 5.41) is 14.8. The number of anilines is 1. The van der Waals surface area contributed by atoms with Gasteiger partial charge in [-0.15, -0.1) is 23.2 Å². The van der Waals surface area contributed by atoms with Gasteiger partial charge in [0.1, 0.15) is 27.5 Å². The predicted molar refractivity (Wildman–Crippen MR) is 94.1 cm³/mol. The summed E-state index contributed by atoms with van der Waals surface area (Å²) in [5.41, 5.74) is 6.39. The molecular formula is C14H9Cl5N4. The number of hydrogen-bond donors (Lipinski definition) is 1. The molecule has 0 bridgehead atoms. The van der Waals surface area contributed by atoms with Crippen LogP contribution in [0.5, 0.6) is 0 Å². The maximum absolute atomic E-state index is 9.45. The van der Waals surface area contributed by atoms with E-state index in [2.05, 4.69) is 11.2 Å². The lowest BCUT2D eigenvalue weighted by atomic mass is 10.0. The minimum Gasteiger partial charge on any atom is -0.382 e. The summed E-state index contributed by atoms with van der Waals surface area (Å²) < 4.78 is 0.333. The summed E-state index contributed by atoms with van der Waals surface area (Å²) >= 11 is 30.7. The molecule has 0 saturated heterocycles. The lowest BCUT2D eigenvalue weighted by molar-refractivity contribution is 0.708. The molecule has 0 amide bonds. The molecule has 1 saturated carbocycles. The van der Waals surface area contributed by atoms with E-state index in [1.807, 2.05) is 6.92 Å². The first-order valence-corrected chi connectivity index (χ1v) is 8.33. The van der Waals surface area contributed by atoms with Gasteiger partial charge in [0.25, 0.3) is 0 Å². The lowest BCUT2D eigenvalue weighted by Crippen LogP contribution is -2.13. The molecule has 0 aliphatic heterocycles. The summed E-state index contributed by atoms with van der Waals surface area (Å²) in [5.74, 6) is 0.117. The van der Waals surface area contributed by atoms with Crippen molar-refractivity contribution < 1.29 is 0 Å². The molecule has 4 nitrogen and oxygen atoms in total. The smallest absolute Gasteiger partial charge is 0.145 e. The fraction of sp³-hybridized carbons (Fsp3) is 0.286. The third-order valence-electron chi connectivity index (χ3n) is 4.01. The monoisotopic (exact) mass is 408 g/mol. The van der Waals surface area contributed by atoms with E-state index in [-0.39, 0.29) is 21.4 Å². The first kappa shape index (κ1) is 17.0. The Morgan fingerprint density at radius 3 is 2.22 bits per heavy atom. The van der Waals surface area contributed by atoms with Crippen LogP contribution in [0.15, 0.2) is 12.1 Å². The summed E-state index contributed by atoms with van der Waals surface area (Å²) in [7, 11) is 0. The van der Waals surface area contributed by atoms with Crippen molar-refractivity contribution in [1.29, 1.82) is 5.26 Å². The molecule has 1 aromatic heterocycles. The van der Waals surface area contributed by atoms with Gasteiger partial charge in [0.15, 0.2) is 0 Å². The summed E-state index contributed by atoms with van der Waals surface area (Å²) in [4.78, 5) is 0. The van der Waals surface area contributed by atoms with Crippen molar-refractivity contribution in [2.45, 2.75) is 23.1 Å². The first-order chi connectivity index (χ1) is 10.6. The van der Waals surface area contributed by atoms with E-state index in [1.165, 1.54) is 16.8 Å². The van der Waals surface area contributed by atoms with E-state index < -0.39 is 9.75 Å². The molecular weight excluding hydrogens is 401 g/mol. The van der Waals surface area contributed by atoms with Crippen LogP contribution < -0.4 is 5.73 Å². The van der Waals surface area contributed by atoms with E-state index in [1.54, 1.807) is 0 Å². The number of nitrogens with zero attached hydrogens (tertiary/aromatic N) is 3. The third-order valence-corrected chi connectivity index (χ3v) is 5.90. The zero-order valence-electron chi connectivity index (χ0n) is 11.7. The number of alkyl halides is 2. The maximum Gasteiger partial charge on any atom is 0.145 e. The van der Waals surface area contributed by atoms with Crippen molar-refractivity contribution in [1.82, 2.24) is 9.78 Å². The average molecular weight is 411 g/mol. The first-order valence-electron chi connectivity index (χ1n) is 6.44. The van der Waals surface area contributed by atoms with Gasteiger partial charge in [0.2, 0.25) is 0 Å². The second-order valence-electron chi connectivity index (χ2n) is 5.56. The topological polar surface area (TPSA) is 67.6 Å². The Labute approximate surface area is 157 Å². The van der Waals surface area contributed by atoms with Gasteiger partial charge in [-0.3, -0.25) is 0 Å². The quantitative estimate of drug-likeness (QED) is 0.699. The highest BCUT2D eigenvalue weighted by atomic mass is 35.5. The lowest BCUT2D eigenvalue weighted by Gasteiger charge is -2.10. The molecule has 1 atom stereocenters. The van der Waals surface area contributed by atoms with Crippen LogP contribution in [0, 0.1) is 11.3 Å². The van der Waals surface area contributed by atoms with Crippen LogP contribution in [0.25, 0.3) is 5.69 Å². The number of aromatic nitrogens is 2. The molecule has 1 aliphatic carbocycles. The molecule has 2 N–H and O–H groups in total. The van der Waals surface area contributed by atoms with Gasteiger partial charge >= 0.3 is 0 Å². The van der Waals surface area contributed by atoms with E-state index in [9.17, 15) is 5.26 Å². The van der Waals surface area contributed by atoms with Crippen LogP contribution in [-0.2, 0) is 5.41 Å². The number of nitrogen functional groups attached to an aromatic ring is 1. The number of hydrogen-bond acceptors (Lipinski definition) is 3. The van der Waals surface area contributed by atoms with Crippen LogP contribution in [0.1, 0.15) is 24.6 Å². The van der Waals surface area contributed by atoms with Gasteiger partial charge in [0, 0.05) is 10.4 Å².